The van der Waals surface area contributed by atoms with Crippen LogP contribution in [0.25, 0.3) is 28.0 Å². The molecule has 0 spiro atoms. The van der Waals surface area contributed by atoms with Crippen LogP contribution in [-0.4, -0.2) is 20.0 Å². The lowest BCUT2D eigenvalue weighted by Gasteiger charge is -2.00. The van der Waals surface area contributed by atoms with Crippen LogP contribution in [0.15, 0.2) is 70.1 Å². The van der Waals surface area contributed by atoms with Crippen molar-refractivity contribution in [2.75, 3.05) is 0 Å². The average Bonchev–Trinajstić information content (AvgIpc) is 3.05. The van der Waals surface area contributed by atoms with E-state index in [9.17, 15) is 4.79 Å². The Bertz CT molecular complexity index is 1010. The Morgan fingerprint density at radius 2 is 1.86 bits per heavy atom. The van der Waals surface area contributed by atoms with Gasteiger partial charge in [-0.15, -0.1) is 5.10 Å². The number of nitrogens with zero attached hydrogens (tertiary/aromatic N) is 4. The molecule has 0 aliphatic heterocycles. The highest BCUT2D eigenvalue weighted by molar-refractivity contribution is 5.78. The molecule has 22 heavy (non-hydrogen) atoms. The van der Waals surface area contributed by atoms with E-state index in [-0.39, 0.29) is 0 Å². The summed E-state index contributed by atoms with van der Waals surface area (Å²) in [4.78, 5) is 16.3. The van der Waals surface area contributed by atoms with Crippen LogP contribution in [0.1, 0.15) is 0 Å². The molecule has 106 valence electrons. The van der Waals surface area contributed by atoms with Gasteiger partial charge in [-0.2, -0.15) is 0 Å². The molecule has 3 aromatic heterocycles. The molecule has 0 saturated carbocycles. The molecule has 4 rings (SSSR count). The SMILES string of the molecule is O=c1oc2ccccc2cc1-n1cc(-c2ccccn2)nn1. The number of pyridine rings is 1. The summed E-state index contributed by atoms with van der Waals surface area (Å²) in [5.74, 6) is 0. The molecule has 4 aromatic rings. The third-order valence-electron chi connectivity index (χ3n) is 3.29. The zero-order valence-electron chi connectivity index (χ0n) is 11.4. The van der Waals surface area contributed by atoms with Crippen molar-refractivity contribution in [1.82, 2.24) is 20.0 Å². The van der Waals surface area contributed by atoms with Crippen molar-refractivity contribution in [3.05, 3.63) is 71.3 Å². The number of benzene rings is 1. The van der Waals surface area contributed by atoms with Gasteiger partial charge in [0.1, 0.15) is 11.3 Å². The van der Waals surface area contributed by atoms with E-state index >= 15 is 0 Å². The van der Waals surface area contributed by atoms with E-state index in [4.69, 9.17) is 4.42 Å². The van der Waals surface area contributed by atoms with Gasteiger partial charge in [0.2, 0.25) is 0 Å². The summed E-state index contributed by atoms with van der Waals surface area (Å²) < 4.78 is 6.71. The molecule has 0 saturated heterocycles. The molecule has 1 aromatic carbocycles. The first-order valence-electron chi connectivity index (χ1n) is 6.68. The molecule has 0 unspecified atom stereocenters. The maximum atomic E-state index is 12.1. The second kappa shape index (κ2) is 4.92. The third kappa shape index (κ3) is 2.07. The molecule has 0 amide bonds. The predicted molar refractivity (Wildman–Crippen MR) is 80.6 cm³/mol. The fourth-order valence-electron chi connectivity index (χ4n) is 2.22. The summed E-state index contributed by atoms with van der Waals surface area (Å²) in [6.07, 6.45) is 3.34. The summed E-state index contributed by atoms with van der Waals surface area (Å²) in [7, 11) is 0. The molecule has 0 aliphatic carbocycles. The Balaban J connectivity index is 1.84. The molecular formula is C16H10N4O2. The van der Waals surface area contributed by atoms with Crippen molar-refractivity contribution in [2.45, 2.75) is 0 Å². The Morgan fingerprint density at radius 1 is 1.00 bits per heavy atom. The van der Waals surface area contributed by atoms with Crippen LogP contribution in [0.3, 0.4) is 0 Å². The molecule has 0 N–H and O–H groups in total. The summed E-state index contributed by atoms with van der Waals surface area (Å²) >= 11 is 0. The van der Waals surface area contributed by atoms with Crippen LogP contribution < -0.4 is 5.63 Å². The predicted octanol–water partition coefficient (Wildman–Crippen LogP) is 2.44. The summed E-state index contributed by atoms with van der Waals surface area (Å²) in [5.41, 5.74) is 1.68. The second-order valence-electron chi connectivity index (χ2n) is 4.72. The largest absolute Gasteiger partial charge is 0.421 e. The molecule has 0 atom stereocenters. The van der Waals surface area contributed by atoms with Gasteiger partial charge in [0, 0.05) is 11.6 Å². The first-order valence-corrected chi connectivity index (χ1v) is 6.68. The minimum atomic E-state index is -0.462. The summed E-state index contributed by atoms with van der Waals surface area (Å²) in [6, 6.07) is 14.6. The summed E-state index contributed by atoms with van der Waals surface area (Å²) in [5, 5.41) is 8.88. The van der Waals surface area contributed by atoms with E-state index in [1.807, 2.05) is 36.4 Å². The molecule has 6 heteroatoms. The Morgan fingerprint density at radius 3 is 2.73 bits per heavy atom. The smallest absolute Gasteiger partial charge is 0.362 e. The van der Waals surface area contributed by atoms with Crippen LogP contribution in [0.5, 0.6) is 0 Å². The van der Waals surface area contributed by atoms with Gasteiger partial charge in [-0.3, -0.25) is 4.98 Å². The maximum Gasteiger partial charge on any atom is 0.362 e. The van der Waals surface area contributed by atoms with E-state index in [0.29, 0.717) is 22.7 Å². The minimum absolute atomic E-state index is 0.313. The fourth-order valence-corrected chi connectivity index (χ4v) is 2.22. The van der Waals surface area contributed by atoms with Gasteiger partial charge in [-0.25, -0.2) is 9.48 Å². The van der Waals surface area contributed by atoms with E-state index in [1.165, 1.54) is 4.68 Å². The highest BCUT2D eigenvalue weighted by Crippen LogP contribution is 2.17. The number of fused-ring (bicyclic) bond motifs is 1. The van der Waals surface area contributed by atoms with E-state index in [2.05, 4.69) is 15.3 Å². The van der Waals surface area contributed by atoms with Crippen molar-refractivity contribution in [3.8, 4) is 17.1 Å². The number of hydrogen-bond donors (Lipinski definition) is 0. The lowest BCUT2D eigenvalue weighted by atomic mass is 10.2. The van der Waals surface area contributed by atoms with Crippen LogP contribution >= 0.6 is 0 Å². The quantitative estimate of drug-likeness (QED) is 0.530. The lowest BCUT2D eigenvalue weighted by Crippen LogP contribution is -2.10. The van der Waals surface area contributed by atoms with Crippen LogP contribution in [0, 0.1) is 0 Å². The number of hydrogen-bond acceptors (Lipinski definition) is 5. The van der Waals surface area contributed by atoms with Crippen LogP contribution in [-0.2, 0) is 0 Å². The standard InChI is InChI=1S/C16H10N4O2/c21-16-14(9-11-5-1-2-7-15(11)22-16)20-10-13(18-19-20)12-6-3-4-8-17-12/h1-10H. The fraction of sp³-hybridized carbons (Fsp3) is 0. The number of aromatic nitrogens is 4. The monoisotopic (exact) mass is 290 g/mol. The van der Waals surface area contributed by atoms with Crippen molar-refractivity contribution in [2.24, 2.45) is 0 Å². The first-order chi connectivity index (χ1) is 10.8. The van der Waals surface area contributed by atoms with E-state index in [0.717, 1.165) is 5.39 Å². The van der Waals surface area contributed by atoms with Crippen molar-refractivity contribution < 1.29 is 4.42 Å². The third-order valence-corrected chi connectivity index (χ3v) is 3.29. The Hall–Kier alpha value is -3.28. The zero-order valence-corrected chi connectivity index (χ0v) is 11.4. The minimum Gasteiger partial charge on any atom is -0.421 e. The molecule has 6 nitrogen and oxygen atoms in total. The lowest BCUT2D eigenvalue weighted by molar-refractivity contribution is 0.550. The van der Waals surface area contributed by atoms with E-state index < -0.39 is 5.63 Å². The number of rotatable bonds is 2. The molecule has 0 bridgehead atoms. The topological polar surface area (TPSA) is 73.8 Å². The second-order valence-corrected chi connectivity index (χ2v) is 4.72. The highest BCUT2D eigenvalue weighted by Gasteiger charge is 2.11. The van der Waals surface area contributed by atoms with Gasteiger partial charge in [-0.05, 0) is 24.3 Å². The van der Waals surface area contributed by atoms with E-state index in [1.54, 1.807) is 24.5 Å². The van der Waals surface area contributed by atoms with Crippen LogP contribution in [0.4, 0.5) is 0 Å². The molecule has 0 fully saturated rings. The van der Waals surface area contributed by atoms with Gasteiger partial charge in [-0.1, -0.05) is 29.5 Å². The molecule has 3 heterocycles. The van der Waals surface area contributed by atoms with Gasteiger partial charge in [0.15, 0.2) is 5.69 Å². The number of para-hydroxylation sites is 1. The highest BCUT2D eigenvalue weighted by atomic mass is 16.4. The van der Waals surface area contributed by atoms with Crippen molar-refractivity contribution in [1.29, 1.82) is 0 Å². The average molecular weight is 290 g/mol. The van der Waals surface area contributed by atoms with Gasteiger partial charge in [0.25, 0.3) is 0 Å². The van der Waals surface area contributed by atoms with Crippen molar-refractivity contribution in [3.63, 3.8) is 0 Å². The normalized spacial score (nSPS) is 10.9. The Labute approximate surface area is 124 Å². The molecule has 0 aliphatic rings. The van der Waals surface area contributed by atoms with Gasteiger partial charge < -0.3 is 4.42 Å². The molecule has 0 radical (unpaired) electrons. The van der Waals surface area contributed by atoms with Gasteiger partial charge >= 0.3 is 5.63 Å². The van der Waals surface area contributed by atoms with Crippen LogP contribution in [0.2, 0.25) is 0 Å². The Kier molecular flexibility index (Phi) is 2.79. The van der Waals surface area contributed by atoms with Gasteiger partial charge in [0.05, 0.1) is 11.9 Å². The van der Waals surface area contributed by atoms with Crippen molar-refractivity contribution >= 4 is 11.0 Å². The zero-order chi connectivity index (χ0) is 14.9. The first kappa shape index (κ1) is 12.5. The maximum absolute atomic E-state index is 12.1. The summed E-state index contributed by atoms with van der Waals surface area (Å²) in [6.45, 7) is 0. The molecular weight excluding hydrogens is 280 g/mol.